The maximum Gasteiger partial charge on any atom is 0.311 e. The fourth-order valence-electron chi connectivity index (χ4n) is 3.96. The number of rotatable bonds is 8. The molecule has 260 valence electrons. The third-order valence-corrected chi connectivity index (χ3v) is 7.55. The van der Waals surface area contributed by atoms with Gasteiger partial charge in [0.2, 0.25) is 14.4 Å². The number of hydrogen-bond donors (Lipinski definition) is 0. The Labute approximate surface area is 275 Å². The lowest BCUT2D eigenvalue weighted by atomic mass is 9.92. The van der Waals surface area contributed by atoms with Gasteiger partial charge in [0.1, 0.15) is 18.5 Å². The van der Waals surface area contributed by atoms with E-state index in [-0.39, 0.29) is 6.61 Å². The number of ether oxygens (including phenoxy) is 5. The Morgan fingerprint density at radius 3 is 1.43 bits per heavy atom. The average molecular weight is 667 g/mol. The van der Waals surface area contributed by atoms with Crippen molar-refractivity contribution in [1.82, 2.24) is 0 Å². The van der Waals surface area contributed by atoms with E-state index in [2.05, 4.69) is 19.6 Å². The van der Waals surface area contributed by atoms with E-state index in [0.717, 1.165) is 0 Å². The summed E-state index contributed by atoms with van der Waals surface area (Å²) in [6.45, 7) is 26.2. The van der Waals surface area contributed by atoms with Crippen molar-refractivity contribution in [2.45, 2.75) is 133 Å². The largest absolute Gasteiger partial charge is 0.544 e. The molecule has 2 rings (SSSR count). The summed E-state index contributed by atoms with van der Waals surface area (Å²) in [5, 5.41) is 0. The average Bonchev–Trinajstić information content (AvgIpc) is 2.86. The van der Waals surface area contributed by atoms with Crippen molar-refractivity contribution < 1.29 is 51.9 Å². The number of carbonyl (C=O) groups excluding carboxylic acids is 4. The highest BCUT2D eigenvalue weighted by molar-refractivity contribution is 6.70. The third kappa shape index (κ3) is 11.1. The predicted octanol–water partition coefficient (Wildman–Crippen LogP) is 5.55. The Kier molecular flexibility index (Phi) is 11.9. The highest BCUT2D eigenvalue weighted by atomic mass is 28.4. The third-order valence-electron chi connectivity index (χ3n) is 6.71. The molecule has 1 aliphatic rings. The molecule has 0 saturated carbocycles. The van der Waals surface area contributed by atoms with Crippen molar-refractivity contribution in [2.75, 3.05) is 6.61 Å². The molecule has 46 heavy (non-hydrogen) atoms. The zero-order chi connectivity index (χ0) is 35.6. The topological polar surface area (TPSA) is 128 Å². The van der Waals surface area contributed by atoms with Crippen molar-refractivity contribution >= 4 is 32.2 Å². The van der Waals surface area contributed by atoms with Gasteiger partial charge in [-0.3, -0.25) is 19.2 Å². The van der Waals surface area contributed by atoms with E-state index in [4.69, 9.17) is 28.1 Å². The van der Waals surface area contributed by atoms with Crippen LogP contribution < -0.4 is 8.99 Å². The van der Waals surface area contributed by atoms with Crippen molar-refractivity contribution in [3.05, 3.63) is 24.5 Å². The number of nitrogens with zero attached hydrogens (tertiary/aromatic N) is 1. The van der Waals surface area contributed by atoms with Crippen molar-refractivity contribution in [3.8, 4) is 5.75 Å². The number of pyridine rings is 1. The quantitative estimate of drug-likeness (QED) is 0.151. The second-order valence-corrected chi connectivity index (χ2v) is 21.4. The smallest absolute Gasteiger partial charge is 0.311 e. The standard InChI is InChI=1S/C34H56NO10Si/c1-31(2,3)27(36)40-20-22-23(42-28(37)32(4,5)6)24(43-29(38)33(7,8)9)25(44-30(39)34(10,11)12)26(41-22)35-18-16-21(17-19-35)45-46(13,14)15/h16-19,22-26H,20H2,1-15H3/q+1/t22-,23+,24+,25-,26-/m1/s1. The number of aromatic nitrogens is 1. The minimum Gasteiger partial charge on any atom is -0.544 e. The molecule has 0 amide bonds. The Bertz CT molecular complexity index is 1240. The summed E-state index contributed by atoms with van der Waals surface area (Å²) in [6, 6.07) is 3.53. The van der Waals surface area contributed by atoms with Crippen LogP contribution in [0, 0.1) is 21.7 Å². The van der Waals surface area contributed by atoms with E-state index in [1.54, 1.807) is 112 Å². The highest BCUT2D eigenvalue weighted by Crippen LogP contribution is 2.36. The van der Waals surface area contributed by atoms with Gasteiger partial charge in [-0.15, -0.1) is 0 Å². The summed E-state index contributed by atoms with van der Waals surface area (Å²) in [5.41, 5.74) is -3.66. The van der Waals surface area contributed by atoms with E-state index in [9.17, 15) is 19.2 Å². The first-order valence-corrected chi connectivity index (χ1v) is 19.2. The van der Waals surface area contributed by atoms with E-state index >= 15 is 0 Å². The van der Waals surface area contributed by atoms with Crippen molar-refractivity contribution in [2.24, 2.45) is 21.7 Å². The van der Waals surface area contributed by atoms with E-state index in [1.165, 1.54) is 0 Å². The van der Waals surface area contributed by atoms with Crippen LogP contribution >= 0.6 is 0 Å². The Balaban J connectivity index is 2.78. The molecule has 1 aliphatic heterocycles. The zero-order valence-corrected chi connectivity index (χ0v) is 31.4. The Morgan fingerprint density at radius 1 is 0.652 bits per heavy atom. The van der Waals surface area contributed by atoms with Crippen molar-refractivity contribution in [1.29, 1.82) is 0 Å². The molecule has 1 saturated heterocycles. The van der Waals surface area contributed by atoms with E-state index in [1.807, 2.05) is 0 Å². The predicted molar refractivity (Wildman–Crippen MR) is 173 cm³/mol. The fraction of sp³-hybridized carbons (Fsp3) is 0.735. The van der Waals surface area contributed by atoms with Crippen LogP contribution in [0.2, 0.25) is 19.6 Å². The van der Waals surface area contributed by atoms with Crippen LogP contribution in [0.3, 0.4) is 0 Å². The van der Waals surface area contributed by atoms with Gasteiger partial charge in [0.25, 0.3) is 0 Å². The molecule has 1 fully saturated rings. The molecule has 0 spiro atoms. The lowest BCUT2D eigenvalue weighted by Crippen LogP contribution is -2.66. The summed E-state index contributed by atoms with van der Waals surface area (Å²) in [6.07, 6.45) is -2.65. The van der Waals surface area contributed by atoms with Gasteiger partial charge in [-0.1, -0.05) is 0 Å². The second-order valence-electron chi connectivity index (χ2n) is 17.0. The van der Waals surface area contributed by atoms with Crippen LogP contribution in [0.4, 0.5) is 0 Å². The Morgan fingerprint density at radius 2 is 1.04 bits per heavy atom. The first-order valence-electron chi connectivity index (χ1n) is 15.8. The molecule has 1 aromatic rings. The molecule has 5 atom stereocenters. The monoisotopic (exact) mass is 666 g/mol. The molecule has 2 heterocycles. The van der Waals surface area contributed by atoms with Gasteiger partial charge in [0, 0.05) is 12.1 Å². The molecule has 0 unspecified atom stereocenters. The molecule has 0 N–H and O–H groups in total. The molecular formula is C34H56NO10Si+. The van der Waals surface area contributed by atoms with Gasteiger partial charge < -0.3 is 28.1 Å². The lowest BCUT2D eigenvalue weighted by molar-refractivity contribution is -0.777. The molecule has 11 nitrogen and oxygen atoms in total. The minimum atomic E-state index is -1.91. The lowest BCUT2D eigenvalue weighted by Gasteiger charge is -2.43. The summed E-state index contributed by atoms with van der Waals surface area (Å²) in [5.74, 6) is -1.65. The van der Waals surface area contributed by atoms with Crippen LogP contribution in [-0.4, -0.2) is 63.2 Å². The molecule has 0 bridgehead atoms. The summed E-state index contributed by atoms with van der Waals surface area (Å²) >= 11 is 0. The van der Waals surface area contributed by atoms with Crippen LogP contribution in [0.1, 0.15) is 89.3 Å². The fourth-order valence-corrected chi connectivity index (χ4v) is 4.81. The molecule has 1 aromatic heterocycles. The normalized spacial score (nSPS) is 22.8. The molecule has 12 heteroatoms. The number of esters is 4. The zero-order valence-electron chi connectivity index (χ0n) is 30.4. The number of hydrogen-bond acceptors (Lipinski definition) is 10. The first kappa shape index (κ1) is 39.2. The molecule has 0 aliphatic carbocycles. The van der Waals surface area contributed by atoms with E-state index < -0.39 is 84.5 Å². The van der Waals surface area contributed by atoms with Gasteiger partial charge in [-0.25, -0.2) is 0 Å². The van der Waals surface area contributed by atoms with Gasteiger partial charge in [0.05, 0.1) is 21.7 Å². The SMILES string of the molecule is CC(C)(C)C(=O)OC[C@H]1O[C@@H]([n+]2ccc(O[Si](C)(C)C)cc2)[C@H](OC(=O)C(C)(C)C)[C@@H](OC(=O)C(C)(C)C)[C@H]1OC(=O)C(C)(C)C. The van der Waals surface area contributed by atoms with Gasteiger partial charge in [-0.05, 0) is 103 Å². The van der Waals surface area contributed by atoms with E-state index in [0.29, 0.717) is 5.75 Å². The maximum absolute atomic E-state index is 13.5. The number of carbonyl (C=O) groups is 4. The molecule has 0 radical (unpaired) electrons. The highest BCUT2D eigenvalue weighted by Gasteiger charge is 2.58. The van der Waals surface area contributed by atoms with Crippen LogP contribution in [0.15, 0.2) is 24.5 Å². The molecular weight excluding hydrogens is 610 g/mol. The summed E-state index contributed by atoms with van der Waals surface area (Å²) in [4.78, 5) is 53.1. The second kappa shape index (κ2) is 14.0. The van der Waals surface area contributed by atoms with Crippen LogP contribution in [0.25, 0.3) is 0 Å². The van der Waals surface area contributed by atoms with Gasteiger partial charge in [-0.2, -0.15) is 4.57 Å². The maximum atomic E-state index is 13.5. The van der Waals surface area contributed by atoms with Crippen LogP contribution in [0.5, 0.6) is 5.75 Å². The molecule has 0 aromatic carbocycles. The summed E-state index contributed by atoms with van der Waals surface area (Å²) in [7, 11) is -1.91. The summed E-state index contributed by atoms with van der Waals surface area (Å²) < 4.78 is 38.2. The minimum absolute atomic E-state index is 0.324. The van der Waals surface area contributed by atoms with Gasteiger partial charge >= 0.3 is 30.1 Å². The van der Waals surface area contributed by atoms with Gasteiger partial charge in [0.15, 0.2) is 24.6 Å². The first-order chi connectivity index (χ1) is 20.6. The Hall–Kier alpha value is -2.99. The van der Waals surface area contributed by atoms with Crippen molar-refractivity contribution in [3.63, 3.8) is 0 Å². The van der Waals surface area contributed by atoms with Crippen LogP contribution in [-0.2, 0) is 42.9 Å².